The van der Waals surface area contributed by atoms with Crippen LogP contribution in [0.4, 0.5) is 0 Å². The Kier molecular flexibility index (Phi) is 8.81. The largest absolute Gasteiger partial charge is 0.370 e. The molecule has 11 nitrogen and oxygen atoms in total. The van der Waals surface area contributed by atoms with Crippen LogP contribution >= 0.6 is 11.3 Å². The number of rotatable bonds is 9. The number of likely N-dealkylation sites (tertiary alicyclic amines) is 1. The predicted molar refractivity (Wildman–Crippen MR) is 160 cm³/mol. The Hall–Kier alpha value is -4.32. The number of amides is 3. The maximum Gasteiger partial charge on any atom is 0.245 e. The molecule has 2 aliphatic heterocycles. The van der Waals surface area contributed by atoms with E-state index in [1.54, 1.807) is 23.5 Å². The van der Waals surface area contributed by atoms with Gasteiger partial charge in [-0.25, -0.2) is 4.98 Å². The lowest BCUT2D eigenvalue weighted by molar-refractivity contribution is -0.155. The fraction of sp³-hybridized carbons (Fsp3) is 0.400. The molecule has 1 aromatic heterocycles. The monoisotopic (exact) mass is 589 g/mol. The van der Waals surface area contributed by atoms with E-state index in [4.69, 9.17) is 11.1 Å². The van der Waals surface area contributed by atoms with E-state index in [2.05, 4.69) is 10.3 Å². The molecule has 3 amide bonds. The number of benzene rings is 2. The van der Waals surface area contributed by atoms with Gasteiger partial charge in [0, 0.05) is 38.1 Å². The summed E-state index contributed by atoms with van der Waals surface area (Å²) in [6, 6.07) is 12.0. The molecular formula is C30H35N7O4S. The Morgan fingerprint density at radius 1 is 1.19 bits per heavy atom. The first-order valence-electron chi connectivity index (χ1n) is 14.0. The van der Waals surface area contributed by atoms with Gasteiger partial charge in [0.05, 0.1) is 12.6 Å². The van der Waals surface area contributed by atoms with Gasteiger partial charge in [-0.15, -0.1) is 11.3 Å². The topological polar surface area (TPSA) is 153 Å². The van der Waals surface area contributed by atoms with Crippen molar-refractivity contribution >= 4 is 51.6 Å². The van der Waals surface area contributed by atoms with Crippen molar-refractivity contribution in [3.8, 4) is 0 Å². The molecule has 2 aliphatic rings. The lowest BCUT2D eigenvalue weighted by atomic mass is 9.90. The molecule has 220 valence electrons. The summed E-state index contributed by atoms with van der Waals surface area (Å²) in [6.07, 6.45) is 3.81. The summed E-state index contributed by atoms with van der Waals surface area (Å²) in [5, 5.41) is 14.7. The number of carbonyl (C=O) groups is 4. The number of carbonyl (C=O) groups excluding carboxylic acids is 4. The molecule has 2 aromatic carbocycles. The normalized spacial score (nSPS) is 20.1. The Balaban J connectivity index is 1.35. The van der Waals surface area contributed by atoms with Crippen molar-refractivity contribution in [2.24, 2.45) is 11.7 Å². The van der Waals surface area contributed by atoms with Crippen LogP contribution in [0.2, 0.25) is 0 Å². The maximum atomic E-state index is 13.5. The van der Waals surface area contributed by atoms with Crippen LogP contribution in [0.1, 0.15) is 34.6 Å². The highest BCUT2D eigenvalue weighted by molar-refractivity contribution is 7.11. The van der Waals surface area contributed by atoms with Gasteiger partial charge in [0.25, 0.3) is 0 Å². The van der Waals surface area contributed by atoms with Crippen molar-refractivity contribution in [3.05, 3.63) is 64.6 Å². The first-order valence-corrected chi connectivity index (χ1v) is 14.9. The highest BCUT2D eigenvalue weighted by atomic mass is 32.1. The molecule has 0 aliphatic carbocycles. The van der Waals surface area contributed by atoms with Crippen LogP contribution in [-0.4, -0.2) is 94.5 Å². The number of nitrogens with one attached hydrogen (secondary N) is 2. The van der Waals surface area contributed by atoms with Gasteiger partial charge in [-0.05, 0) is 41.5 Å². The van der Waals surface area contributed by atoms with Crippen molar-refractivity contribution < 1.29 is 19.2 Å². The van der Waals surface area contributed by atoms with Gasteiger partial charge in [-0.1, -0.05) is 42.5 Å². The van der Waals surface area contributed by atoms with Gasteiger partial charge in [0.2, 0.25) is 23.5 Å². The standard InChI is InChI=1S/C30H35N7O4S/c1-35-18-26(39)37(24(29(35)41)15-21-9-4-8-20-7-2-3-10-22(20)21)17-25(38)34-23(27(40)28-33-11-13-42-28)14-19-6-5-12-36(16-19)30(31)32/h2-4,7-11,13,19,23-24H,5-6,12,14-18H2,1H3,(H3,31,32)(H,34,38)/t19?,23-,24-/m0/s1. The first kappa shape index (κ1) is 29.2. The number of hydrogen-bond acceptors (Lipinski definition) is 7. The van der Waals surface area contributed by atoms with Crippen molar-refractivity contribution in [2.75, 3.05) is 33.2 Å². The summed E-state index contributed by atoms with van der Waals surface area (Å²) >= 11 is 1.20. The molecule has 0 bridgehead atoms. The predicted octanol–water partition coefficient (Wildman–Crippen LogP) is 1.87. The zero-order valence-corrected chi connectivity index (χ0v) is 24.3. The van der Waals surface area contributed by atoms with E-state index in [9.17, 15) is 19.2 Å². The molecule has 0 radical (unpaired) electrons. The highest BCUT2D eigenvalue weighted by Gasteiger charge is 2.39. The van der Waals surface area contributed by atoms with Crippen molar-refractivity contribution in [3.63, 3.8) is 0 Å². The summed E-state index contributed by atoms with van der Waals surface area (Å²) in [5.41, 5.74) is 6.62. The quantitative estimate of drug-likeness (QED) is 0.196. The molecule has 3 heterocycles. The van der Waals surface area contributed by atoms with Crippen molar-refractivity contribution in [2.45, 2.75) is 37.8 Å². The maximum absolute atomic E-state index is 13.5. The molecule has 12 heteroatoms. The summed E-state index contributed by atoms with van der Waals surface area (Å²) < 4.78 is 0. The zero-order chi connectivity index (χ0) is 29.8. The zero-order valence-electron chi connectivity index (χ0n) is 23.5. The second-order valence-electron chi connectivity index (χ2n) is 11.0. The van der Waals surface area contributed by atoms with E-state index in [-0.39, 0.29) is 49.0 Å². The number of piperidine rings is 1. The number of aromatic nitrogens is 1. The van der Waals surface area contributed by atoms with Gasteiger partial charge in [0.1, 0.15) is 12.6 Å². The number of likely N-dealkylation sites (N-methyl/N-ethyl adjacent to an activating group) is 1. The number of Topliss-reactive ketones (excluding diaryl/α,β-unsaturated/α-hetero) is 1. The third-order valence-electron chi connectivity index (χ3n) is 8.06. The van der Waals surface area contributed by atoms with E-state index < -0.39 is 18.0 Å². The van der Waals surface area contributed by atoms with Crippen LogP contribution in [-0.2, 0) is 20.8 Å². The van der Waals surface area contributed by atoms with Crippen molar-refractivity contribution in [1.29, 1.82) is 5.41 Å². The van der Waals surface area contributed by atoms with Gasteiger partial charge < -0.3 is 25.8 Å². The third-order valence-corrected chi connectivity index (χ3v) is 8.85. The van der Waals surface area contributed by atoms with E-state index in [0.717, 1.165) is 29.2 Å². The fourth-order valence-electron chi connectivity index (χ4n) is 5.94. The van der Waals surface area contributed by atoms with E-state index in [1.807, 2.05) is 42.5 Å². The Morgan fingerprint density at radius 3 is 2.74 bits per heavy atom. The molecular weight excluding hydrogens is 554 g/mol. The third kappa shape index (κ3) is 6.43. The molecule has 3 aromatic rings. The molecule has 0 saturated carbocycles. The van der Waals surface area contributed by atoms with Gasteiger partial charge >= 0.3 is 0 Å². The number of ketones is 1. The lowest BCUT2D eigenvalue weighted by Crippen LogP contribution is -2.61. The molecule has 0 spiro atoms. The average molecular weight is 590 g/mol. The van der Waals surface area contributed by atoms with E-state index in [1.165, 1.54) is 21.1 Å². The number of piperazine rings is 1. The minimum atomic E-state index is -0.865. The summed E-state index contributed by atoms with van der Waals surface area (Å²) in [4.78, 5) is 62.1. The summed E-state index contributed by atoms with van der Waals surface area (Å²) in [7, 11) is 1.59. The second-order valence-corrected chi connectivity index (χ2v) is 11.9. The molecule has 1 unspecified atom stereocenters. The van der Waals surface area contributed by atoms with Crippen LogP contribution in [0.15, 0.2) is 54.0 Å². The average Bonchev–Trinajstić information content (AvgIpc) is 3.52. The van der Waals surface area contributed by atoms with Gasteiger partial charge in [0.15, 0.2) is 11.0 Å². The molecule has 42 heavy (non-hydrogen) atoms. The molecule has 4 N–H and O–H groups in total. The van der Waals surface area contributed by atoms with Gasteiger partial charge in [-0.2, -0.15) is 0 Å². The van der Waals surface area contributed by atoms with Crippen LogP contribution in [0.25, 0.3) is 10.8 Å². The van der Waals surface area contributed by atoms with E-state index >= 15 is 0 Å². The summed E-state index contributed by atoms with van der Waals surface area (Å²) in [5.74, 6) is -1.36. The number of hydrogen-bond donors (Lipinski definition) is 3. The highest BCUT2D eigenvalue weighted by Crippen LogP contribution is 2.25. The summed E-state index contributed by atoms with van der Waals surface area (Å²) in [6.45, 7) is 0.731. The van der Waals surface area contributed by atoms with E-state index in [0.29, 0.717) is 24.5 Å². The Labute approximate surface area is 248 Å². The molecule has 2 fully saturated rings. The van der Waals surface area contributed by atoms with Crippen LogP contribution < -0.4 is 11.1 Å². The van der Waals surface area contributed by atoms with Crippen molar-refractivity contribution in [1.82, 2.24) is 25.0 Å². The van der Waals surface area contributed by atoms with Crippen LogP contribution in [0.3, 0.4) is 0 Å². The minimum Gasteiger partial charge on any atom is -0.370 e. The first-order chi connectivity index (χ1) is 20.2. The van der Waals surface area contributed by atoms with Crippen LogP contribution in [0.5, 0.6) is 0 Å². The Bertz CT molecular complexity index is 1490. The number of guanidine groups is 1. The minimum absolute atomic E-state index is 0.0120. The number of nitrogens with two attached hydrogens (primary N) is 1. The number of thiazole rings is 1. The molecule has 3 atom stereocenters. The number of nitrogens with zero attached hydrogens (tertiary/aromatic N) is 4. The molecule has 5 rings (SSSR count). The Morgan fingerprint density at radius 2 is 1.98 bits per heavy atom. The smallest absolute Gasteiger partial charge is 0.245 e. The lowest BCUT2D eigenvalue weighted by Gasteiger charge is -2.39. The fourth-order valence-corrected chi connectivity index (χ4v) is 6.57. The second kappa shape index (κ2) is 12.7. The number of fused-ring (bicyclic) bond motifs is 1. The SMILES string of the molecule is CN1CC(=O)N(CC(=O)N[C@@H](CC2CCCN(C(=N)N)C2)C(=O)c2nccs2)[C@@H](Cc2cccc3ccccc23)C1=O. The van der Waals surface area contributed by atoms with Crippen LogP contribution in [0, 0.1) is 11.3 Å². The molecule has 2 saturated heterocycles. The van der Waals surface area contributed by atoms with Gasteiger partial charge in [-0.3, -0.25) is 24.6 Å².